The van der Waals surface area contributed by atoms with Gasteiger partial charge in [0.15, 0.2) is 0 Å². The van der Waals surface area contributed by atoms with E-state index in [0.717, 1.165) is 6.42 Å². The normalized spacial score (nSPS) is 24.5. The van der Waals surface area contributed by atoms with E-state index in [4.69, 9.17) is 0 Å². The van der Waals surface area contributed by atoms with Crippen LogP contribution in [0.3, 0.4) is 0 Å². The summed E-state index contributed by atoms with van der Waals surface area (Å²) in [6.45, 7) is 5.84. The lowest BCUT2D eigenvalue weighted by molar-refractivity contribution is 0.435. The van der Waals surface area contributed by atoms with Crippen LogP contribution in [0.2, 0.25) is 0 Å². The van der Waals surface area contributed by atoms with Gasteiger partial charge >= 0.3 is 0 Å². The highest BCUT2D eigenvalue weighted by atomic mass is 16.3. The second-order valence-corrected chi connectivity index (χ2v) is 4.66. The molecule has 0 aliphatic heterocycles. The summed E-state index contributed by atoms with van der Waals surface area (Å²) in [7, 11) is 0. The van der Waals surface area contributed by atoms with Crippen molar-refractivity contribution in [2.45, 2.75) is 39.0 Å². The molecule has 0 saturated heterocycles. The molecule has 4 nitrogen and oxygen atoms in total. The fourth-order valence-corrected chi connectivity index (χ4v) is 1.89. The summed E-state index contributed by atoms with van der Waals surface area (Å²) < 4.78 is 0. The van der Waals surface area contributed by atoms with Gasteiger partial charge in [0.05, 0.1) is 5.56 Å². The van der Waals surface area contributed by atoms with E-state index in [1.807, 2.05) is 13.8 Å². The van der Waals surface area contributed by atoms with E-state index in [1.54, 1.807) is 0 Å². The monoisotopic (exact) mass is 208 g/mol. The largest absolute Gasteiger partial charge is 0.493 e. The molecular weight excluding hydrogens is 192 g/mol. The molecule has 1 heterocycles. The topological polar surface area (TPSA) is 66.0 Å². The first-order valence-corrected chi connectivity index (χ1v) is 5.33. The maximum Gasteiger partial charge on any atom is 0.258 e. The van der Waals surface area contributed by atoms with Crippen LogP contribution in [0.5, 0.6) is 5.88 Å². The quantitative estimate of drug-likeness (QED) is 0.777. The van der Waals surface area contributed by atoms with Gasteiger partial charge in [0, 0.05) is 5.92 Å². The number of hydrogen-bond acceptors (Lipinski definition) is 3. The summed E-state index contributed by atoms with van der Waals surface area (Å²) in [5.74, 6) is 1.41. The molecule has 2 atom stereocenters. The number of nitrogens with one attached hydrogen (secondary N) is 1. The molecular formula is C11H16N2O2. The van der Waals surface area contributed by atoms with E-state index in [2.05, 4.69) is 16.9 Å². The van der Waals surface area contributed by atoms with E-state index in [0.29, 0.717) is 23.2 Å². The second-order valence-electron chi connectivity index (χ2n) is 4.66. The van der Waals surface area contributed by atoms with Gasteiger partial charge < -0.3 is 10.1 Å². The number of aromatic nitrogens is 2. The number of hydrogen-bond donors (Lipinski definition) is 2. The lowest BCUT2D eigenvalue weighted by Gasteiger charge is -2.07. The Morgan fingerprint density at radius 1 is 1.53 bits per heavy atom. The molecule has 2 rings (SSSR count). The highest BCUT2D eigenvalue weighted by Gasteiger charge is 2.36. The van der Waals surface area contributed by atoms with Crippen LogP contribution in [0.4, 0.5) is 0 Å². The molecule has 15 heavy (non-hydrogen) atoms. The van der Waals surface area contributed by atoms with Crippen molar-refractivity contribution in [2.24, 2.45) is 5.92 Å². The van der Waals surface area contributed by atoms with Gasteiger partial charge in [-0.3, -0.25) is 4.79 Å². The Labute approximate surface area is 88.4 Å². The van der Waals surface area contributed by atoms with Crippen molar-refractivity contribution in [1.29, 1.82) is 0 Å². The Morgan fingerprint density at radius 2 is 2.13 bits per heavy atom. The molecule has 1 aromatic rings. The minimum absolute atomic E-state index is 0.00748. The van der Waals surface area contributed by atoms with Crippen molar-refractivity contribution in [3.8, 4) is 5.88 Å². The molecule has 1 aromatic heterocycles. The molecule has 0 bridgehead atoms. The number of H-pyrrole nitrogens is 1. The molecule has 1 aliphatic rings. The van der Waals surface area contributed by atoms with Crippen LogP contribution in [0.1, 0.15) is 50.4 Å². The zero-order valence-electron chi connectivity index (χ0n) is 9.24. The minimum atomic E-state index is -0.202. The van der Waals surface area contributed by atoms with Gasteiger partial charge in [-0.25, -0.2) is 0 Å². The number of rotatable bonds is 2. The Morgan fingerprint density at radius 3 is 2.53 bits per heavy atom. The average molecular weight is 208 g/mol. The van der Waals surface area contributed by atoms with Gasteiger partial charge in [-0.1, -0.05) is 20.8 Å². The van der Waals surface area contributed by atoms with Crippen LogP contribution in [0.25, 0.3) is 0 Å². The minimum Gasteiger partial charge on any atom is -0.493 e. The van der Waals surface area contributed by atoms with Gasteiger partial charge in [-0.2, -0.15) is 4.98 Å². The Balaban J connectivity index is 2.44. The molecule has 2 unspecified atom stereocenters. The third kappa shape index (κ3) is 1.76. The first kappa shape index (κ1) is 10.2. The molecule has 2 N–H and O–H groups in total. The Kier molecular flexibility index (Phi) is 2.29. The first-order chi connectivity index (χ1) is 7.00. The van der Waals surface area contributed by atoms with Crippen molar-refractivity contribution >= 4 is 0 Å². The average Bonchev–Trinajstić information content (AvgIpc) is 2.80. The van der Waals surface area contributed by atoms with Crippen LogP contribution in [-0.4, -0.2) is 15.1 Å². The predicted octanol–water partition coefficient (Wildman–Crippen LogP) is 1.72. The fourth-order valence-electron chi connectivity index (χ4n) is 1.89. The van der Waals surface area contributed by atoms with Crippen LogP contribution in [0, 0.1) is 5.92 Å². The van der Waals surface area contributed by atoms with Crippen molar-refractivity contribution in [1.82, 2.24) is 9.97 Å². The maximum absolute atomic E-state index is 11.7. The highest BCUT2D eigenvalue weighted by Crippen LogP contribution is 2.45. The molecule has 0 amide bonds. The fraction of sp³-hybridized carbons (Fsp3) is 0.636. The smallest absolute Gasteiger partial charge is 0.258 e. The van der Waals surface area contributed by atoms with Crippen molar-refractivity contribution < 1.29 is 5.11 Å². The van der Waals surface area contributed by atoms with Gasteiger partial charge in [-0.15, -0.1) is 0 Å². The molecule has 4 heteroatoms. The summed E-state index contributed by atoms with van der Waals surface area (Å²) in [5.41, 5.74) is 0.179. The molecule has 0 radical (unpaired) electrons. The van der Waals surface area contributed by atoms with Crippen molar-refractivity contribution in [3.05, 3.63) is 21.7 Å². The van der Waals surface area contributed by atoms with Crippen LogP contribution in [-0.2, 0) is 0 Å². The van der Waals surface area contributed by atoms with Gasteiger partial charge in [0.1, 0.15) is 5.82 Å². The van der Waals surface area contributed by atoms with Crippen LogP contribution < -0.4 is 5.56 Å². The van der Waals surface area contributed by atoms with Crippen LogP contribution in [0.15, 0.2) is 4.79 Å². The molecule has 0 spiro atoms. The van der Waals surface area contributed by atoms with E-state index in [9.17, 15) is 9.90 Å². The first-order valence-electron chi connectivity index (χ1n) is 5.33. The summed E-state index contributed by atoms with van der Waals surface area (Å²) in [5, 5.41) is 9.67. The second kappa shape index (κ2) is 3.36. The standard InChI is InChI=1S/C11H16N2O2/c1-5(2)8-10(14)12-9(13-11(8)15)7-4-6(7)3/h5-7H,4H2,1-3H3,(H2,12,13,14,15). The lowest BCUT2D eigenvalue weighted by atomic mass is 10.1. The zero-order valence-corrected chi connectivity index (χ0v) is 9.24. The third-order valence-electron chi connectivity index (χ3n) is 2.99. The van der Waals surface area contributed by atoms with E-state index in [1.165, 1.54) is 0 Å². The zero-order chi connectivity index (χ0) is 11.2. The van der Waals surface area contributed by atoms with Gasteiger partial charge in [-0.05, 0) is 18.3 Å². The lowest BCUT2D eigenvalue weighted by Crippen LogP contribution is -2.17. The number of aromatic hydroxyl groups is 1. The summed E-state index contributed by atoms with van der Waals surface area (Å²) in [4.78, 5) is 18.5. The van der Waals surface area contributed by atoms with Crippen molar-refractivity contribution in [2.75, 3.05) is 0 Å². The molecule has 1 saturated carbocycles. The molecule has 1 fully saturated rings. The summed E-state index contributed by atoms with van der Waals surface area (Å²) in [6.07, 6.45) is 1.05. The summed E-state index contributed by atoms with van der Waals surface area (Å²) in [6, 6.07) is 0. The maximum atomic E-state index is 11.7. The number of aromatic amines is 1. The SMILES string of the molecule is CC(C)c1c(O)nc(C2CC2C)[nH]c1=O. The molecule has 1 aliphatic carbocycles. The van der Waals surface area contributed by atoms with E-state index >= 15 is 0 Å². The Hall–Kier alpha value is -1.32. The third-order valence-corrected chi connectivity index (χ3v) is 2.99. The Bertz CT molecular complexity index is 437. The number of nitrogens with zero attached hydrogens (tertiary/aromatic N) is 1. The van der Waals surface area contributed by atoms with Crippen molar-refractivity contribution in [3.63, 3.8) is 0 Å². The molecule has 82 valence electrons. The van der Waals surface area contributed by atoms with Gasteiger partial charge in [0.2, 0.25) is 5.88 Å². The molecule has 0 aromatic carbocycles. The van der Waals surface area contributed by atoms with E-state index < -0.39 is 0 Å². The van der Waals surface area contributed by atoms with Crippen LogP contribution >= 0.6 is 0 Å². The summed E-state index contributed by atoms with van der Waals surface area (Å²) >= 11 is 0. The van der Waals surface area contributed by atoms with Gasteiger partial charge in [0.25, 0.3) is 5.56 Å². The van der Waals surface area contributed by atoms with E-state index in [-0.39, 0.29) is 17.4 Å². The highest BCUT2D eigenvalue weighted by molar-refractivity contribution is 5.27. The predicted molar refractivity (Wildman–Crippen MR) is 57.1 cm³/mol.